The Bertz CT molecular complexity index is 1060. The van der Waals surface area contributed by atoms with Gasteiger partial charge in [0.05, 0.1) is 5.92 Å². The van der Waals surface area contributed by atoms with Crippen molar-refractivity contribution in [3.63, 3.8) is 0 Å². The second-order valence-corrected chi connectivity index (χ2v) is 10.9. The molecule has 2 bridgehead atoms. The van der Waals surface area contributed by atoms with Crippen LogP contribution in [0.3, 0.4) is 0 Å². The summed E-state index contributed by atoms with van der Waals surface area (Å²) >= 11 is 0. The molecule has 0 N–H and O–H groups in total. The SMILES string of the molecule is C=CC1(C)CC2=CC(=O)C3C4(C)C(=O)OC(C4OC(C)=O)C(OC(C)=O)C3(C)C2CC1OC(C)=O. The van der Waals surface area contributed by atoms with Crippen LogP contribution in [0.2, 0.25) is 0 Å². The van der Waals surface area contributed by atoms with Crippen molar-refractivity contribution < 1.29 is 42.9 Å². The van der Waals surface area contributed by atoms with Crippen LogP contribution in [0.25, 0.3) is 0 Å². The summed E-state index contributed by atoms with van der Waals surface area (Å²) in [4.78, 5) is 63.2. The average Bonchev–Trinajstić information content (AvgIpc) is 2.92. The van der Waals surface area contributed by atoms with Gasteiger partial charge in [0.1, 0.15) is 17.6 Å². The Morgan fingerprint density at radius 2 is 1.57 bits per heavy atom. The quantitative estimate of drug-likeness (QED) is 0.334. The van der Waals surface area contributed by atoms with E-state index in [2.05, 4.69) is 6.58 Å². The van der Waals surface area contributed by atoms with Crippen LogP contribution in [-0.2, 0) is 42.9 Å². The zero-order valence-electron chi connectivity index (χ0n) is 20.9. The van der Waals surface area contributed by atoms with E-state index in [0.29, 0.717) is 12.8 Å². The van der Waals surface area contributed by atoms with Crippen molar-refractivity contribution in [2.75, 3.05) is 0 Å². The molecule has 190 valence electrons. The summed E-state index contributed by atoms with van der Waals surface area (Å²) in [5, 5.41) is 0. The van der Waals surface area contributed by atoms with E-state index < -0.39 is 70.5 Å². The van der Waals surface area contributed by atoms with Crippen molar-refractivity contribution in [1.82, 2.24) is 0 Å². The molecule has 9 unspecified atom stereocenters. The maximum atomic E-state index is 13.8. The number of ether oxygens (including phenoxy) is 4. The normalized spacial score (nSPS) is 43.7. The summed E-state index contributed by atoms with van der Waals surface area (Å²) < 4.78 is 22.7. The summed E-state index contributed by atoms with van der Waals surface area (Å²) in [7, 11) is 0. The Hall–Kier alpha value is -2.97. The van der Waals surface area contributed by atoms with E-state index >= 15 is 0 Å². The highest BCUT2D eigenvalue weighted by Crippen LogP contribution is 2.66. The second kappa shape index (κ2) is 8.03. The lowest BCUT2D eigenvalue weighted by molar-refractivity contribution is -0.220. The Labute approximate surface area is 204 Å². The van der Waals surface area contributed by atoms with Gasteiger partial charge < -0.3 is 18.9 Å². The van der Waals surface area contributed by atoms with Gasteiger partial charge in [-0.2, -0.15) is 0 Å². The molecule has 9 nitrogen and oxygen atoms in total. The van der Waals surface area contributed by atoms with Crippen LogP contribution in [0.5, 0.6) is 0 Å². The van der Waals surface area contributed by atoms with Crippen molar-refractivity contribution in [2.45, 2.75) is 78.8 Å². The first kappa shape index (κ1) is 25.1. The molecule has 1 aliphatic heterocycles. The number of hydrogen-bond donors (Lipinski definition) is 0. The van der Waals surface area contributed by atoms with Gasteiger partial charge in [-0.3, -0.25) is 24.0 Å². The summed E-state index contributed by atoms with van der Waals surface area (Å²) in [6.07, 6.45) is 0.248. The Balaban J connectivity index is 1.91. The summed E-state index contributed by atoms with van der Waals surface area (Å²) in [5.74, 6) is -4.04. The van der Waals surface area contributed by atoms with Crippen LogP contribution in [0.4, 0.5) is 0 Å². The first-order valence-corrected chi connectivity index (χ1v) is 11.8. The number of hydrogen-bond acceptors (Lipinski definition) is 9. The molecule has 1 saturated heterocycles. The van der Waals surface area contributed by atoms with Gasteiger partial charge in [0.25, 0.3) is 0 Å². The highest BCUT2D eigenvalue weighted by atomic mass is 16.6. The molecule has 3 fully saturated rings. The molecule has 4 aliphatic rings. The molecule has 0 radical (unpaired) electrons. The molecule has 0 aromatic rings. The van der Waals surface area contributed by atoms with E-state index in [1.54, 1.807) is 19.1 Å². The number of carbonyl (C=O) groups is 5. The highest BCUT2D eigenvalue weighted by molar-refractivity contribution is 6.00. The molecule has 0 spiro atoms. The van der Waals surface area contributed by atoms with Gasteiger partial charge in [0.2, 0.25) is 0 Å². The van der Waals surface area contributed by atoms with Crippen LogP contribution in [-0.4, -0.2) is 54.1 Å². The lowest BCUT2D eigenvalue weighted by Crippen LogP contribution is -2.69. The lowest BCUT2D eigenvalue weighted by atomic mass is 9.43. The fourth-order valence-electron chi connectivity index (χ4n) is 7.15. The third kappa shape index (κ3) is 3.45. The number of carbonyl (C=O) groups excluding carboxylic acids is 5. The molecule has 1 heterocycles. The Kier molecular flexibility index (Phi) is 5.77. The van der Waals surface area contributed by atoms with Crippen molar-refractivity contribution in [3.05, 3.63) is 24.3 Å². The predicted molar refractivity (Wildman–Crippen MR) is 120 cm³/mol. The molecule has 9 heteroatoms. The van der Waals surface area contributed by atoms with Crippen molar-refractivity contribution in [3.8, 4) is 0 Å². The number of rotatable bonds is 4. The van der Waals surface area contributed by atoms with E-state index in [4.69, 9.17) is 18.9 Å². The van der Waals surface area contributed by atoms with Gasteiger partial charge in [-0.25, -0.2) is 0 Å². The Morgan fingerprint density at radius 1 is 1.00 bits per heavy atom. The summed E-state index contributed by atoms with van der Waals surface area (Å²) in [6.45, 7) is 13.0. The van der Waals surface area contributed by atoms with Crippen molar-refractivity contribution >= 4 is 29.7 Å². The zero-order valence-corrected chi connectivity index (χ0v) is 20.9. The molecule has 0 aromatic carbocycles. The maximum Gasteiger partial charge on any atom is 0.317 e. The number of esters is 4. The molecule has 4 rings (SSSR count). The molecule has 0 aromatic heterocycles. The Morgan fingerprint density at radius 3 is 2.11 bits per heavy atom. The maximum absolute atomic E-state index is 13.8. The first-order valence-electron chi connectivity index (χ1n) is 11.8. The topological polar surface area (TPSA) is 122 Å². The largest absolute Gasteiger partial charge is 0.462 e. The van der Waals surface area contributed by atoms with E-state index in [1.807, 2.05) is 13.8 Å². The minimum Gasteiger partial charge on any atom is -0.462 e. The van der Waals surface area contributed by atoms with Crippen molar-refractivity contribution in [1.29, 1.82) is 0 Å². The molecule has 9 atom stereocenters. The summed E-state index contributed by atoms with van der Waals surface area (Å²) in [5.41, 5.74) is -2.36. The van der Waals surface area contributed by atoms with E-state index in [-0.39, 0.29) is 11.7 Å². The van der Waals surface area contributed by atoms with E-state index in [0.717, 1.165) is 5.57 Å². The fraction of sp³-hybridized carbons (Fsp3) is 0.654. The molecule has 2 saturated carbocycles. The zero-order chi connectivity index (χ0) is 26.1. The van der Waals surface area contributed by atoms with Crippen LogP contribution in [0, 0.1) is 28.1 Å². The minimum atomic E-state index is -1.48. The van der Waals surface area contributed by atoms with E-state index in [1.165, 1.54) is 20.8 Å². The van der Waals surface area contributed by atoms with Crippen LogP contribution >= 0.6 is 0 Å². The number of fused-ring (bicyclic) bond motifs is 6. The predicted octanol–water partition coefficient (Wildman–Crippen LogP) is 2.46. The van der Waals surface area contributed by atoms with Gasteiger partial charge in [-0.1, -0.05) is 25.5 Å². The van der Waals surface area contributed by atoms with Gasteiger partial charge in [0.15, 0.2) is 18.0 Å². The fourth-order valence-corrected chi connectivity index (χ4v) is 7.15. The van der Waals surface area contributed by atoms with Crippen LogP contribution < -0.4 is 0 Å². The molecular formula is C26H32O9. The van der Waals surface area contributed by atoms with Crippen molar-refractivity contribution in [2.24, 2.45) is 28.1 Å². The molecule has 3 aliphatic carbocycles. The minimum absolute atomic E-state index is 0.315. The smallest absolute Gasteiger partial charge is 0.317 e. The van der Waals surface area contributed by atoms with Gasteiger partial charge >= 0.3 is 23.9 Å². The lowest BCUT2D eigenvalue weighted by Gasteiger charge is -2.60. The van der Waals surface area contributed by atoms with Gasteiger partial charge in [0, 0.05) is 31.6 Å². The van der Waals surface area contributed by atoms with Gasteiger partial charge in [-0.15, -0.1) is 6.58 Å². The van der Waals surface area contributed by atoms with Crippen LogP contribution in [0.1, 0.15) is 54.4 Å². The first-order chi connectivity index (χ1) is 16.2. The highest BCUT2D eigenvalue weighted by Gasteiger charge is 2.78. The standard InChI is InChI=1S/C26H32O9/c1-8-24(5)11-15-9-17(30)20-25(6,16(15)10-18(24)32-12(2)27)21(33-13(3)28)19-22(34-14(4)29)26(20,7)23(31)35-19/h8-9,16,18-22H,1,10-11H2,2-7H3. The third-order valence-electron chi connectivity index (χ3n) is 8.65. The molecule has 0 amide bonds. The molecule has 35 heavy (non-hydrogen) atoms. The third-order valence-corrected chi connectivity index (χ3v) is 8.65. The average molecular weight is 489 g/mol. The van der Waals surface area contributed by atoms with Gasteiger partial charge in [-0.05, 0) is 31.8 Å². The monoisotopic (exact) mass is 488 g/mol. The van der Waals surface area contributed by atoms with E-state index in [9.17, 15) is 24.0 Å². The second-order valence-electron chi connectivity index (χ2n) is 10.9. The number of allylic oxidation sites excluding steroid dienone is 2. The summed E-state index contributed by atoms with van der Waals surface area (Å²) in [6, 6.07) is 0. The number of ketones is 1. The van der Waals surface area contributed by atoms with Crippen LogP contribution in [0.15, 0.2) is 24.3 Å². The molecular weight excluding hydrogens is 456 g/mol.